The van der Waals surface area contributed by atoms with Gasteiger partial charge in [-0.25, -0.2) is 19.7 Å². The third-order valence-corrected chi connectivity index (χ3v) is 5.90. The molecule has 2 N–H and O–H groups in total. The lowest BCUT2D eigenvalue weighted by Crippen LogP contribution is -2.40. The van der Waals surface area contributed by atoms with Crippen LogP contribution >= 0.6 is 0 Å². The van der Waals surface area contributed by atoms with E-state index in [4.69, 9.17) is 16.9 Å². The van der Waals surface area contributed by atoms with E-state index in [1.54, 1.807) is 15.8 Å². The highest BCUT2D eigenvalue weighted by molar-refractivity contribution is 5.82. The molecular weight excluding hydrogens is 416 g/mol. The van der Waals surface area contributed by atoms with E-state index < -0.39 is 0 Å². The van der Waals surface area contributed by atoms with Crippen LogP contribution in [0.4, 0.5) is 10.6 Å². The van der Waals surface area contributed by atoms with Gasteiger partial charge in [0.15, 0.2) is 11.5 Å². The van der Waals surface area contributed by atoms with Crippen LogP contribution in [0.1, 0.15) is 36.2 Å². The summed E-state index contributed by atoms with van der Waals surface area (Å²) in [6.45, 7) is 5.68. The van der Waals surface area contributed by atoms with Crippen LogP contribution < -0.4 is 10.5 Å². The Labute approximate surface area is 193 Å². The summed E-state index contributed by atoms with van der Waals surface area (Å²) >= 11 is 0. The van der Waals surface area contributed by atoms with Crippen molar-refractivity contribution in [2.24, 2.45) is 5.92 Å². The van der Waals surface area contributed by atoms with Crippen LogP contribution in [0.25, 0.3) is 11.2 Å². The first kappa shape index (κ1) is 22.2. The maximum Gasteiger partial charge on any atom is 0.415 e. The summed E-state index contributed by atoms with van der Waals surface area (Å²) in [6, 6.07) is 5.68. The molecule has 0 aliphatic carbocycles. The highest BCUT2D eigenvalue weighted by Gasteiger charge is 2.23. The fraction of sp³-hybridized carbons (Fsp3) is 0.360. The summed E-state index contributed by atoms with van der Waals surface area (Å²) in [4.78, 5) is 27.2. The molecule has 8 heteroatoms. The number of rotatable bonds is 3. The molecular formula is C25H26N6O2. The summed E-state index contributed by atoms with van der Waals surface area (Å²) in [5.74, 6) is 10.4. The van der Waals surface area contributed by atoms with E-state index in [9.17, 15) is 4.79 Å². The number of nitrogens with two attached hydrogens (primary N) is 1. The van der Waals surface area contributed by atoms with E-state index in [0.29, 0.717) is 54.7 Å². The second-order valence-electron chi connectivity index (χ2n) is 8.23. The molecule has 1 aromatic carbocycles. The summed E-state index contributed by atoms with van der Waals surface area (Å²) in [5.41, 5.74) is 9.38. The Hall–Kier alpha value is -4.04. The molecule has 1 aliphatic rings. The summed E-state index contributed by atoms with van der Waals surface area (Å²) in [6.07, 6.45) is 9.13. The first-order chi connectivity index (χ1) is 15.9. The van der Waals surface area contributed by atoms with Gasteiger partial charge in [0.2, 0.25) is 5.82 Å². The van der Waals surface area contributed by atoms with Crippen LogP contribution in [0.2, 0.25) is 0 Å². The van der Waals surface area contributed by atoms with Gasteiger partial charge in [-0.15, -0.1) is 6.42 Å². The molecule has 33 heavy (non-hydrogen) atoms. The second kappa shape index (κ2) is 9.62. The molecule has 0 unspecified atom stereocenters. The fourth-order valence-corrected chi connectivity index (χ4v) is 3.77. The molecule has 0 atom stereocenters. The van der Waals surface area contributed by atoms with Gasteiger partial charge < -0.3 is 19.9 Å². The van der Waals surface area contributed by atoms with E-state index in [0.717, 1.165) is 18.4 Å². The van der Waals surface area contributed by atoms with Gasteiger partial charge >= 0.3 is 6.09 Å². The molecule has 0 spiro atoms. The van der Waals surface area contributed by atoms with Crippen LogP contribution in [0, 0.1) is 44.0 Å². The lowest BCUT2D eigenvalue weighted by Gasteiger charge is -2.30. The van der Waals surface area contributed by atoms with Crippen LogP contribution in [0.15, 0.2) is 24.5 Å². The summed E-state index contributed by atoms with van der Waals surface area (Å²) < 4.78 is 7.28. The predicted molar refractivity (Wildman–Crippen MR) is 126 cm³/mol. The van der Waals surface area contributed by atoms with Crippen molar-refractivity contribution in [1.29, 1.82) is 0 Å². The Bertz CT molecular complexity index is 1290. The standard InChI is InChI=1S/C25H26N6O2/c1-4-12-31-16-27-22-23(26)28-21(29-24(22)31)7-5-6-19-10-13-30(14-11-19)25(32)33-20-9-8-17(2)18(3)15-20/h1,8-9,15-16,19H,6,10-14H2,2-3H3,(H2,26,28,29). The number of ether oxygens (including phenoxy) is 1. The number of anilines is 1. The van der Waals surface area contributed by atoms with Crippen molar-refractivity contribution in [2.75, 3.05) is 18.8 Å². The number of hydrogen-bond donors (Lipinski definition) is 1. The van der Waals surface area contributed by atoms with Gasteiger partial charge in [0.05, 0.1) is 12.9 Å². The number of piperidine rings is 1. The van der Waals surface area contributed by atoms with E-state index in [-0.39, 0.29) is 11.9 Å². The smallest absolute Gasteiger partial charge is 0.410 e. The van der Waals surface area contributed by atoms with E-state index in [1.807, 2.05) is 32.0 Å². The van der Waals surface area contributed by atoms with E-state index >= 15 is 0 Å². The number of hydrogen-bond acceptors (Lipinski definition) is 6. The molecule has 0 saturated carbocycles. The Morgan fingerprint density at radius 1 is 1.24 bits per heavy atom. The zero-order chi connectivity index (χ0) is 23.4. The predicted octanol–water partition coefficient (Wildman–Crippen LogP) is 3.31. The number of nitrogens with zero attached hydrogens (tertiary/aromatic N) is 5. The minimum Gasteiger partial charge on any atom is -0.410 e. The number of carbonyl (C=O) groups is 1. The van der Waals surface area contributed by atoms with E-state index in [1.165, 1.54) is 5.56 Å². The summed E-state index contributed by atoms with van der Waals surface area (Å²) in [7, 11) is 0. The topological polar surface area (TPSA) is 99.2 Å². The van der Waals surface area contributed by atoms with Gasteiger partial charge in [-0.1, -0.05) is 17.9 Å². The molecule has 1 fully saturated rings. The van der Waals surface area contributed by atoms with Gasteiger partial charge in [-0.3, -0.25) is 0 Å². The first-order valence-corrected chi connectivity index (χ1v) is 10.9. The average Bonchev–Trinajstić information content (AvgIpc) is 3.20. The monoisotopic (exact) mass is 442 g/mol. The van der Waals surface area contributed by atoms with Crippen LogP contribution in [-0.4, -0.2) is 43.6 Å². The van der Waals surface area contributed by atoms with Crippen molar-refractivity contribution in [1.82, 2.24) is 24.4 Å². The molecule has 3 aromatic rings. The minimum absolute atomic E-state index is 0.288. The van der Waals surface area contributed by atoms with Crippen LogP contribution in [0.3, 0.4) is 0 Å². The third kappa shape index (κ3) is 5.07. The molecule has 0 radical (unpaired) electrons. The highest BCUT2D eigenvalue weighted by Crippen LogP contribution is 2.22. The number of terminal acetylenes is 1. The average molecular weight is 443 g/mol. The molecule has 1 amide bonds. The molecule has 1 aliphatic heterocycles. The SMILES string of the molecule is C#CCn1cnc2c(N)nc(C#CCC3CCN(C(=O)Oc4ccc(C)c(C)c4)CC3)nc21. The maximum atomic E-state index is 12.5. The van der Waals surface area contributed by atoms with Gasteiger partial charge in [-0.2, -0.15) is 0 Å². The highest BCUT2D eigenvalue weighted by atomic mass is 16.6. The van der Waals surface area contributed by atoms with Crippen LogP contribution in [-0.2, 0) is 6.54 Å². The molecule has 2 aromatic heterocycles. The first-order valence-electron chi connectivity index (χ1n) is 10.9. The Kier molecular flexibility index (Phi) is 6.46. The Morgan fingerprint density at radius 3 is 2.76 bits per heavy atom. The van der Waals surface area contributed by atoms with Gasteiger partial charge in [0, 0.05) is 19.5 Å². The normalized spacial score (nSPS) is 13.9. The number of nitrogen functional groups attached to an aromatic ring is 1. The number of aromatic nitrogens is 4. The van der Waals surface area contributed by atoms with Crippen molar-refractivity contribution in [3.8, 4) is 29.9 Å². The minimum atomic E-state index is -0.302. The number of benzene rings is 1. The van der Waals surface area contributed by atoms with Crippen LogP contribution in [0.5, 0.6) is 5.75 Å². The zero-order valence-electron chi connectivity index (χ0n) is 18.8. The molecule has 0 bridgehead atoms. The Morgan fingerprint density at radius 2 is 2.03 bits per heavy atom. The molecule has 8 nitrogen and oxygen atoms in total. The van der Waals surface area contributed by atoms with Gasteiger partial charge in [-0.05, 0) is 61.8 Å². The number of amides is 1. The van der Waals surface area contributed by atoms with Crippen molar-refractivity contribution >= 4 is 23.1 Å². The molecule has 168 valence electrons. The van der Waals surface area contributed by atoms with Gasteiger partial charge in [0.25, 0.3) is 0 Å². The quantitative estimate of drug-likeness (QED) is 0.625. The third-order valence-electron chi connectivity index (χ3n) is 5.90. The molecule has 4 rings (SSSR count). The number of aryl methyl sites for hydroxylation is 2. The lowest BCUT2D eigenvalue weighted by molar-refractivity contribution is 0.131. The van der Waals surface area contributed by atoms with Crippen molar-refractivity contribution in [3.05, 3.63) is 41.5 Å². The van der Waals surface area contributed by atoms with Crippen molar-refractivity contribution < 1.29 is 9.53 Å². The second-order valence-corrected chi connectivity index (χ2v) is 8.23. The number of imidazole rings is 1. The summed E-state index contributed by atoms with van der Waals surface area (Å²) in [5, 5.41) is 0. The fourth-order valence-electron chi connectivity index (χ4n) is 3.77. The van der Waals surface area contributed by atoms with E-state index in [2.05, 4.69) is 32.7 Å². The molecule has 3 heterocycles. The number of carbonyl (C=O) groups excluding carboxylic acids is 1. The largest absolute Gasteiger partial charge is 0.415 e. The Balaban J connectivity index is 1.32. The maximum absolute atomic E-state index is 12.5. The number of fused-ring (bicyclic) bond motifs is 1. The van der Waals surface area contributed by atoms with Gasteiger partial charge in [0.1, 0.15) is 11.3 Å². The lowest BCUT2D eigenvalue weighted by atomic mass is 9.94. The van der Waals surface area contributed by atoms with Crippen molar-refractivity contribution in [2.45, 2.75) is 39.7 Å². The molecule has 1 saturated heterocycles. The van der Waals surface area contributed by atoms with Crippen molar-refractivity contribution in [3.63, 3.8) is 0 Å². The number of likely N-dealkylation sites (tertiary alicyclic amines) is 1. The zero-order valence-corrected chi connectivity index (χ0v) is 18.8.